The summed E-state index contributed by atoms with van der Waals surface area (Å²) < 4.78 is 2.02. The number of nitrogens with one attached hydrogen (secondary N) is 1. The maximum absolute atomic E-state index is 12.6. The van der Waals surface area contributed by atoms with Crippen molar-refractivity contribution in [1.82, 2.24) is 4.57 Å². The van der Waals surface area contributed by atoms with Crippen molar-refractivity contribution in [2.75, 3.05) is 5.32 Å². The van der Waals surface area contributed by atoms with Gasteiger partial charge >= 0.3 is 5.97 Å². The van der Waals surface area contributed by atoms with Crippen LogP contribution in [-0.4, -0.2) is 21.6 Å². The Bertz CT molecular complexity index is 1250. The van der Waals surface area contributed by atoms with Gasteiger partial charge in [0.05, 0.1) is 11.6 Å². The summed E-state index contributed by atoms with van der Waals surface area (Å²) in [5.74, 6) is -0.919. The number of carbonyl (C=O) groups is 2. The molecule has 33 heavy (non-hydrogen) atoms. The summed E-state index contributed by atoms with van der Waals surface area (Å²) in [5, 5.41) is 13.6. The molecule has 3 aromatic carbocycles. The van der Waals surface area contributed by atoms with Gasteiger partial charge in [-0.3, -0.25) is 4.79 Å². The highest BCUT2D eigenvalue weighted by Crippen LogP contribution is 2.34. The molecule has 2 N–H and O–H groups in total. The molecule has 0 aliphatic heterocycles. The highest BCUT2D eigenvalue weighted by molar-refractivity contribution is 6.05. The number of fused-ring (bicyclic) bond motifs is 1. The molecule has 0 atom stereocenters. The Morgan fingerprint density at radius 1 is 0.879 bits per heavy atom. The highest BCUT2D eigenvalue weighted by Gasteiger charge is 2.25. The molecule has 0 bridgehead atoms. The number of carboxylic acid groups (broad SMARTS) is 1. The van der Waals surface area contributed by atoms with Gasteiger partial charge in [0.25, 0.3) is 0 Å². The third kappa shape index (κ3) is 4.14. The van der Waals surface area contributed by atoms with Crippen LogP contribution in [0.3, 0.4) is 0 Å². The van der Waals surface area contributed by atoms with E-state index >= 15 is 0 Å². The number of hydrogen-bond acceptors (Lipinski definition) is 2. The molecular formula is C28H26N2O3. The Balaban J connectivity index is 1.61. The lowest BCUT2D eigenvalue weighted by molar-refractivity contribution is -0.119. The van der Waals surface area contributed by atoms with E-state index in [0.29, 0.717) is 11.1 Å². The zero-order valence-electron chi connectivity index (χ0n) is 18.3. The third-order valence-electron chi connectivity index (χ3n) is 6.57. The maximum Gasteiger partial charge on any atom is 0.337 e. The standard InChI is InChI=1S/C28H26N2O3/c31-27(21-13-7-8-14-21)29-22-15-16-25-23(17-22)24(28(32)33)18-30(25)26(19-9-3-1-4-10-19)20-11-5-2-6-12-20/h1-6,9-12,15-18,21,26H,7-8,13-14H2,(H,29,31)(H,32,33). The number of aromatic nitrogens is 1. The van der Waals surface area contributed by atoms with Crippen molar-refractivity contribution in [3.63, 3.8) is 0 Å². The average molecular weight is 439 g/mol. The highest BCUT2D eigenvalue weighted by atomic mass is 16.4. The van der Waals surface area contributed by atoms with Crippen LogP contribution in [0.25, 0.3) is 10.9 Å². The molecule has 0 spiro atoms. The molecule has 1 aliphatic rings. The van der Waals surface area contributed by atoms with Crippen molar-refractivity contribution in [3.8, 4) is 0 Å². The topological polar surface area (TPSA) is 71.3 Å². The SMILES string of the molecule is O=C(O)c1cn(C(c2ccccc2)c2ccccc2)c2ccc(NC(=O)C3CCCC3)cc12. The number of carboxylic acids is 1. The first-order valence-corrected chi connectivity index (χ1v) is 11.4. The van der Waals surface area contributed by atoms with Gasteiger partial charge in [-0.2, -0.15) is 0 Å². The smallest absolute Gasteiger partial charge is 0.337 e. The molecule has 0 radical (unpaired) electrons. The molecule has 0 saturated heterocycles. The quantitative estimate of drug-likeness (QED) is 0.382. The van der Waals surface area contributed by atoms with Crippen LogP contribution in [0.15, 0.2) is 85.1 Å². The van der Waals surface area contributed by atoms with Crippen LogP contribution in [0, 0.1) is 5.92 Å². The number of anilines is 1. The fourth-order valence-corrected chi connectivity index (χ4v) is 4.93. The number of nitrogens with zero attached hydrogens (tertiary/aromatic N) is 1. The van der Waals surface area contributed by atoms with Gasteiger partial charge in [-0.05, 0) is 42.2 Å². The summed E-state index contributed by atoms with van der Waals surface area (Å²) in [7, 11) is 0. The summed E-state index contributed by atoms with van der Waals surface area (Å²) in [6.07, 6.45) is 5.72. The molecule has 1 amide bonds. The summed E-state index contributed by atoms with van der Waals surface area (Å²) in [6, 6.07) is 25.5. The molecule has 5 rings (SSSR count). The van der Waals surface area contributed by atoms with Crippen molar-refractivity contribution in [1.29, 1.82) is 0 Å². The molecule has 1 aliphatic carbocycles. The number of hydrogen-bond donors (Lipinski definition) is 2. The Morgan fingerprint density at radius 2 is 1.48 bits per heavy atom. The van der Waals surface area contributed by atoms with Gasteiger partial charge in [0, 0.05) is 28.7 Å². The van der Waals surface area contributed by atoms with E-state index in [9.17, 15) is 14.7 Å². The number of rotatable bonds is 6. The monoisotopic (exact) mass is 438 g/mol. The van der Waals surface area contributed by atoms with E-state index in [1.54, 1.807) is 12.3 Å². The van der Waals surface area contributed by atoms with Gasteiger partial charge in [-0.25, -0.2) is 4.79 Å². The fourth-order valence-electron chi connectivity index (χ4n) is 4.93. The summed E-state index contributed by atoms with van der Waals surface area (Å²) >= 11 is 0. The van der Waals surface area contributed by atoms with Gasteiger partial charge < -0.3 is 15.0 Å². The van der Waals surface area contributed by atoms with E-state index in [1.807, 2.05) is 53.1 Å². The van der Waals surface area contributed by atoms with E-state index in [1.165, 1.54) is 0 Å². The molecule has 1 heterocycles. The zero-order valence-corrected chi connectivity index (χ0v) is 18.3. The second-order valence-corrected chi connectivity index (χ2v) is 8.68. The number of benzene rings is 3. The van der Waals surface area contributed by atoms with Crippen LogP contribution in [0.1, 0.15) is 53.2 Å². The fraction of sp³-hybridized carbons (Fsp3) is 0.214. The summed E-state index contributed by atoms with van der Waals surface area (Å²) in [4.78, 5) is 24.8. The van der Waals surface area contributed by atoms with E-state index in [4.69, 9.17) is 0 Å². The first kappa shape index (κ1) is 21.0. The second kappa shape index (κ2) is 8.94. The average Bonchev–Trinajstić information content (AvgIpc) is 3.50. The molecule has 1 saturated carbocycles. The minimum absolute atomic E-state index is 0.0228. The Hall–Kier alpha value is -3.86. The number of carbonyl (C=O) groups excluding carboxylic acids is 1. The summed E-state index contributed by atoms with van der Waals surface area (Å²) in [6.45, 7) is 0. The van der Waals surface area contributed by atoms with Crippen LogP contribution in [-0.2, 0) is 4.79 Å². The predicted molar refractivity (Wildman–Crippen MR) is 130 cm³/mol. The van der Waals surface area contributed by atoms with E-state index in [2.05, 4.69) is 29.6 Å². The van der Waals surface area contributed by atoms with Gasteiger partial charge in [0.15, 0.2) is 0 Å². The first-order valence-electron chi connectivity index (χ1n) is 11.4. The number of amides is 1. The molecule has 166 valence electrons. The Kier molecular flexibility index (Phi) is 5.69. The zero-order chi connectivity index (χ0) is 22.8. The Labute approximate surface area is 192 Å². The molecule has 4 aromatic rings. The van der Waals surface area contributed by atoms with Gasteiger partial charge in [0.2, 0.25) is 5.91 Å². The van der Waals surface area contributed by atoms with Crippen LogP contribution in [0.4, 0.5) is 5.69 Å². The lowest BCUT2D eigenvalue weighted by Gasteiger charge is -2.21. The van der Waals surface area contributed by atoms with E-state index in [0.717, 1.165) is 42.3 Å². The Morgan fingerprint density at radius 3 is 2.06 bits per heavy atom. The molecule has 5 heteroatoms. The van der Waals surface area contributed by atoms with Crippen LogP contribution >= 0.6 is 0 Å². The van der Waals surface area contributed by atoms with Crippen LogP contribution in [0.2, 0.25) is 0 Å². The van der Waals surface area contributed by atoms with Crippen molar-refractivity contribution >= 4 is 28.5 Å². The molecular weight excluding hydrogens is 412 g/mol. The van der Waals surface area contributed by atoms with E-state index in [-0.39, 0.29) is 23.4 Å². The molecule has 0 unspecified atom stereocenters. The predicted octanol–water partition coefficient (Wildman–Crippen LogP) is 6.11. The lowest BCUT2D eigenvalue weighted by atomic mass is 9.98. The lowest BCUT2D eigenvalue weighted by Crippen LogP contribution is -2.20. The van der Waals surface area contributed by atoms with Gasteiger partial charge in [-0.15, -0.1) is 0 Å². The minimum atomic E-state index is -0.988. The summed E-state index contributed by atoms with van der Waals surface area (Å²) in [5.41, 5.74) is 3.80. The van der Waals surface area contributed by atoms with Gasteiger partial charge in [-0.1, -0.05) is 73.5 Å². The molecule has 1 aromatic heterocycles. The molecule has 1 fully saturated rings. The van der Waals surface area contributed by atoms with Crippen LogP contribution < -0.4 is 5.32 Å². The third-order valence-corrected chi connectivity index (χ3v) is 6.57. The maximum atomic E-state index is 12.6. The normalized spacial score (nSPS) is 14.1. The first-order chi connectivity index (χ1) is 16.1. The van der Waals surface area contributed by atoms with Gasteiger partial charge in [0.1, 0.15) is 0 Å². The minimum Gasteiger partial charge on any atom is -0.478 e. The van der Waals surface area contributed by atoms with Crippen molar-refractivity contribution in [3.05, 3.63) is 102 Å². The number of aromatic carboxylic acids is 1. The van der Waals surface area contributed by atoms with Crippen molar-refractivity contribution in [2.24, 2.45) is 5.92 Å². The van der Waals surface area contributed by atoms with Crippen molar-refractivity contribution in [2.45, 2.75) is 31.7 Å². The second-order valence-electron chi connectivity index (χ2n) is 8.68. The van der Waals surface area contributed by atoms with Crippen molar-refractivity contribution < 1.29 is 14.7 Å². The largest absolute Gasteiger partial charge is 0.478 e. The van der Waals surface area contributed by atoms with Crippen LogP contribution in [0.5, 0.6) is 0 Å². The molecule has 5 nitrogen and oxygen atoms in total. The van der Waals surface area contributed by atoms with E-state index < -0.39 is 5.97 Å².